The smallest absolute Gasteiger partial charge is 0.338 e. The van der Waals surface area contributed by atoms with Crippen LogP contribution in [0, 0.1) is 0 Å². The minimum absolute atomic E-state index is 0.00782. The van der Waals surface area contributed by atoms with Gasteiger partial charge in [0.1, 0.15) is 0 Å². The summed E-state index contributed by atoms with van der Waals surface area (Å²) in [4.78, 5) is 38.6. The Balaban J connectivity index is 1.59. The highest BCUT2D eigenvalue weighted by atomic mass is 16.5. The molecule has 0 bridgehead atoms. The second kappa shape index (κ2) is 8.82. The number of hydrogen-bond donors (Lipinski definition) is 0. The average molecular weight is 408 g/mol. The van der Waals surface area contributed by atoms with Gasteiger partial charge in [0.15, 0.2) is 6.10 Å². The van der Waals surface area contributed by atoms with Crippen molar-refractivity contribution >= 4 is 17.7 Å². The zero-order valence-corrected chi connectivity index (χ0v) is 18.1. The predicted octanol–water partition coefficient (Wildman–Crippen LogP) is 4.53. The van der Waals surface area contributed by atoms with Gasteiger partial charge in [-0.2, -0.15) is 0 Å². The van der Waals surface area contributed by atoms with Crippen molar-refractivity contribution in [1.82, 2.24) is 4.90 Å². The molecule has 1 saturated heterocycles. The molecule has 30 heavy (non-hydrogen) atoms. The van der Waals surface area contributed by atoms with Crippen molar-refractivity contribution in [1.29, 1.82) is 0 Å². The zero-order chi connectivity index (χ0) is 21.9. The first kappa shape index (κ1) is 21.8. The van der Waals surface area contributed by atoms with E-state index >= 15 is 0 Å². The zero-order valence-electron chi connectivity index (χ0n) is 18.1. The van der Waals surface area contributed by atoms with Crippen LogP contribution in [0.2, 0.25) is 0 Å². The molecular formula is C25H29NO4. The van der Waals surface area contributed by atoms with Crippen LogP contribution in [-0.4, -0.2) is 35.2 Å². The van der Waals surface area contributed by atoms with Crippen LogP contribution in [0.3, 0.4) is 0 Å². The van der Waals surface area contributed by atoms with E-state index in [0.29, 0.717) is 24.1 Å². The van der Waals surface area contributed by atoms with E-state index in [2.05, 4.69) is 20.8 Å². The lowest BCUT2D eigenvalue weighted by molar-refractivity contribution is -0.128. The highest BCUT2D eigenvalue weighted by Gasteiger charge is 2.22. The van der Waals surface area contributed by atoms with Crippen LogP contribution < -0.4 is 0 Å². The highest BCUT2D eigenvalue weighted by Crippen LogP contribution is 2.23. The molecule has 0 aliphatic carbocycles. The molecule has 1 amide bonds. The highest BCUT2D eigenvalue weighted by molar-refractivity contribution is 6.01. The minimum atomic E-state index is -0.875. The molecule has 0 aromatic heterocycles. The van der Waals surface area contributed by atoms with E-state index in [1.54, 1.807) is 31.2 Å². The number of rotatable bonds is 6. The molecule has 1 aliphatic heterocycles. The van der Waals surface area contributed by atoms with Crippen LogP contribution in [0.4, 0.5) is 0 Å². The van der Waals surface area contributed by atoms with Crippen molar-refractivity contribution in [3.63, 3.8) is 0 Å². The molecule has 0 radical (unpaired) electrons. The van der Waals surface area contributed by atoms with Crippen LogP contribution >= 0.6 is 0 Å². The SMILES string of the molecule is C[C@H](OC(=O)c1ccc(CN2CCCC2=O)cc1)C(=O)c1ccc(C(C)(C)C)cc1. The maximum Gasteiger partial charge on any atom is 0.338 e. The number of ether oxygens (including phenoxy) is 1. The molecule has 2 aromatic rings. The second-order valence-corrected chi connectivity index (χ2v) is 8.85. The first-order valence-corrected chi connectivity index (χ1v) is 10.4. The number of Topliss-reactive ketones (excluding diaryl/α,β-unsaturated/α-hetero) is 1. The molecule has 0 N–H and O–H groups in total. The monoisotopic (exact) mass is 407 g/mol. The fraction of sp³-hybridized carbons (Fsp3) is 0.400. The van der Waals surface area contributed by atoms with E-state index in [0.717, 1.165) is 24.1 Å². The Morgan fingerprint density at radius 2 is 1.60 bits per heavy atom. The number of nitrogens with zero attached hydrogens (tertiary/aromatic N) is 1. The third-order valence-electron chi connectivity index (χ3n) is 5.42. The Kier molecular flexibility index (Phi) is 6.40. The Bertz CT molecular complexity index is 923. The summed E-state index contributed by atoms with van der Waals surface area (Å²) in [6.45, 7) is 9.26. The van der Waals surface area contributed by atoms with Crippen molar-refractivity contribution in [2.24, 2.45) is 0 Å². The molecule has 0 spiro atoms. The van der Waals surface area contributed by atoms with E-state index < -0.39 is 12.1 Å². The summed E-state index contributed by atoms with van der Waals surface area (Å²) in [5.41, 5.74) is 3.01. The summed E-state index contributed by atoms with van der Waals surface area (Å²) in [6.07, 6.45) is 0.628. The lowest BCUT2D eigenvalue weighted by Gasteiger charge is -2.19. The Labute approximate surface area is 178 Å². The fourth-order valence-corrected chi connectivity index (χ4v) is 3.49. The number of amides is 1. The Morgan fingerprint density at radius 3 is 2.13 bits per heavy atom. The van der Waals surface area contributed by atoms with Gasteiger partial charge in [0, 0.05) is 25.1 Å². The molecule has 5 nitrogen and oxygen atoms in total. The van der Waals surface area contributed by atoms with Crippen molar-refractivity contribution in [2.75, 3.05) is 6.54 Å². The van der Waals surface area contributed by atoms with Crippen molar-refractivity contribution in [3.05, 3.63) is 70.8 Å². The summed E-state index contributed by atoms with van der Waals surface area (Å²) in [7, 11) is 0. The van der Waals surface area contributed by atoms with Gasteiger partial charge in [-0.1, -0.05) is 57.2 Å². The standard InChI is InChI=1S/C25H29NO4/c1-17(23(28)19-11-13-21(14-12-19)25(2,3)4)30-24(29)20-9-7-18(8-10-20)16-26-15-5-6-22(26)27/h7-14,17H,5-6,15-16H2,1-4H3/t17-/m0/s1. The third-order valence-corrected chi connectivity index (χ3v) is 5.42. The molecule has 1 aliphatic rings. The molecule has 0 saturated carbocycles. The van der Waals surface area contributed by atoms with Gasteiger partial charge < -0.3 is 9.64 Å². The number of carbonyl (C=O) groups excluding carboxylic acids is 3. The van der Waals surface area contributed by atoms with Gasteiger partial charge in [-0.25, -0.2) is 4.79 Å². The molecule has 3 rings (SSSR count). The first-order valence-electron chi connectivity index (χ1n) is 10.4. The minimum Gasteiger partial charge on any atom is -0.451 e. The summed E-state index contributed by atoms with van der Waals surface area (Å²) in [6, 6.07) is 14.4. The fourth-order valence-electron chi connectivity index (χ4n) is 3.49. The van der Waals surface area contributed by atoms with Gasteiger partial charge in [-0.3, -0.25) is 9.59 Å². The Hall–Kier alpha value is -2.95. The summed E-state index contributed by atoms with van der Waals surface area (Å²) in [5.74, 6) is -0.597. The number of ketones is 1. The van der Waals surface area contributed by atoms with Crippen molar-refractivity contribution in [3.8, 4) is 0 Å². The number of benzene rings is 2. The summed E-state index contributed by atoms with van der Waals surface area (Å²) < 4.78 is 5.39. The van der Waals surface area contributed by atoms with E-state index in [4.69, 9.17) is 4.74 Å². The number of hydrogen-bond acceptors (Lipinski definition) is 4. The van der Waals surface area contributed by atoms with Crippen LogP contribution in [0.25, 0.3) is 0 Å². The largest absolute Gasteiger partial charge is 0.451 e. The molecule has 5 heteroatoms. The van der Waals surface area contributed by atoms with E-state index in [-0.39, 0.29) is 17.1 Å². The maximum absolute atomic E-state index is 12.6. The van der Waals surface area contributed by atoms with Crippen molar-refractivity contribution in [2.45, 2.75) is 58.6 Å². The first-order chi connectivity index (χ1) is 14.1. The van der Waals surface area contributed by atoms with Gasteiger partial charge >= 0.3 is 5.97 Å². The van der Waals surface area contributed by atoms with Gasteiger partial charge in [-0.05, 0) is 42.0 Å². The second-order valence-electron chi connectivity index (χ2n) is 8.85. The lowest BCUT2D eigenvalue weighted by Crippen LogP contribution is -2.25. The summed E-state index contributed by atoms with van der Waals surface area (Å²) >= 11 is 0. The normalized spacial score (nSPS) is 15.2. The van der Waals surface area contributed by atoms with Crippen LogP contribution in [0.5, 0.6) is 0 Å². The van der Waals surface area contributed by atoms with Crippen LogP contribution in [-0.2, 0) is 21.5 Å². The van der Waals surface area contributed by atoms with Gasteiger partial charge in [0.05, 0.1) is 5.56 Å². The third kappa shape index (κ3) is 5.15. The molecule has 1 heterocycles. The van der Waals surface area contributed by atoms with E-state index in [9.17, 15) is 14.4 Å². The van der Waals surface area contributed by atoms with Gasteiger partial charge in [0.25, 0.3) is 0 Å². The Morgan fingerprint density at radius 1 is 1.00 bits per heavy atom. The van der Waals surface area contributed by atoms with Gasteiger partial charge in [0.2, 0.25) is 11.7 Å². The van der Waals surface area contributed by atoms with Crippen LogP contribution in [0.15, 0.2) is 48.5 Å². The van der Waals surface area contributed by atoms with E-state index in [1.807, 2.05) is 29.2 Å². The van der Waals surface area contributed by atoms with Crippen molar-refractivity contribution < 1.29 is 19.1 Å². The molecule has 1 atom stereocenters. The number of carbonyl (C=O) groups is 3. The number of likely N-dealkylation sites (tertiary alicyclic amines) is 1. The maximum atomic E-state index is 12.6. The molecule has 158 valence electrons. The predicted molar refractivity (Wildman–Crippen MR) is 115 cm³/mol. The topological polar surface area (TPSA) is 63.7 Å². The van der Waals surface area contributed by atoms with Gasteiger partial charge in [-0.15, -0.1) is 0 Å². The molecule has 2 aromatic carbocycles. The molecule has 1 fully saturated rings. The van der Waals surface area contributed by atoms with E-state index in [1.165, 1.54) is 0 Å². The summed E-state index contributed by atoms with van der Waals surface area (Å²) in [5, 5.41) is 0. The lowest BCUT2D eigenvalue weighted by atomic mass is 9.86. The quantitative estimate of drug-likeness (QED) is 0.521. The molecular weight excluding hydrogens is 378 g/mol. The number of esters is 1. The average Bonchev–Trinajstić information content (AvgIpc) is 3.11. The molecule has 0 unspecified atom stereocenters. The van der Waals surface area contributed by atoms with Crippen LogP contribution in [0.1, 0.15) is 72.4 Å².